The van der Waals surface area contributed by atoms with Crippen molar-refractivity contribution >= 4 is 38.9 Å². The van der Waals surface area contributed by atoms with Crippen LogP contribution in [0.25, 0.3) is 10.6 Å². The molecule has 4 rings (SSSR count). The van der Waals surface area contributed by atoms with Crippen molar-refractivity contribution in [2.24, 2.45) is 0 Å². The normalized spacial score (nSPS) is 15.5. The quantitative estimate of drug-likeness (QED) is 0.585. The van der Waals surface area contributed by atoms with Gasteiger partial charge in [-0.05, 0) is 26.0 Å². The van der Waals surface area contributed by atoms with E-state index in [4.69, 9.17) is 16.1 Å². The molecule has 11 heteroatoms. The lowest BCUT2D eigenvalue weighted by Gasteiger charge is -2.33. The molecular formula is C19H19ClN4O4S2. The Bertz CT molecular complexity index is 1160. The number of hydrogen-bond acceptors (Lipinski definition) is 7. The second-order valence-corrected chi connectivity index (χ2v) is 10.1. The van der Waals surface area contributed by atoms with Crippen LogP contribution < -0.4 is 0 Å². The van der Waals surface area contributed by atoms with Gasteiger partial charge in [-0.15, -0.1) is 11.3 Å². The number of sulfonamides is 1. The highest BCUT2D eigenvalue weighted by atomic mass is 35.5. The first kappa shape index (κ1) is 21.0. The zero-order valence-corrected chi connectivity index (χ0v) is 18.7. The number of carbonyl (C=O) groups excluding carboxylic acids is 1. The maximum atomic E-state index is 12.9. The smallest absolute Gasteiger partial charge is 0.273 e. The summed E-state index contributed by atoms with van der Waals surface area (Å²) in [5.74, 6) is 0.0593. The van der Waals surface area contributed by atoms with Crippen LogP contribution in [-0.4, -0.2) is 59.8 Å². The minimum atomic E-state index is -3.71. The molecule has 0 radical (unpaired) electrons. The monoisotopic (exact) mass is 466 g/mol. The van der Waals surface area contributed by atoms with E-state index in [1.807, 2.05) is 12.1 Å². The van der Waals surface area contributed by atoms with E-state index in [0.29, 0.717) is 16.4 Å². The van der Waals surface area contributed by atoms with Crippen LogP contribution in [0, 0.1) is 13.8 Å². The van der Waals surface area contributed by atoms with Crippen LogP contribution in [0.1, 0.15) is 21.9 Å². The molecule has 0 bridgehead atoms. The van der Waals surface area contributed by atoms with Gasteiger partial charge in [-0.3, -0.25) is 4.79 Å². The summed E-state index contributed by atoms with van der Waals surface area (Å²) in [7, 11) is -3.71. The van der Waals surface area contributed by atoms with E-state index in [-0.39, 0.29) is 42.7 Å². The highest BCUT2D eigenvalue weighted by Gasteiger charge is 2.34. The number of rotatable bonds is 4. The molecule has 1 aliphatic heterocycles. The van der Waals surface area contributed by atoms with E-state index in [0.717, 1.165) is 10.6 Å². The van der Waals surface area contributed by atoms with Gasteiger partial charge >= 0.3 is 0 Å². The molecule has 30 heavy (non-hydrogen) atoms. The molecule has 0 atom stereocenters. The van der Waals surface area contributed by atoms with Crippen LogP contribution in [-0.2, 0) is 10.0 Å². The summed E-state index contributed by atoms with van der Waals surface area (Å²) in [5.41, 5.74) is 1.58. The van der Waals surface area contributed by atoms with Crippen molar-refractivity contribution in [2.45, 2.75) is 18.7 Å². The lowest BCUT2D eigenvalue weighted by Crippen LogP contribution is -2.50. The van der Waals surface area contributed by atoms with Crippen LogP contribution in [0.5, 0.6) is 0 Å². The van der Waals surface area contributed by atoms with Crippen LogP contribution in [0.2, 0.25) is 5.02 Å². The van der Waals surface area contributed by atoms with Gasteiger partial charge in [0.1, 0.15) is 21.3 Å². The van der Waals surface area contributed by atoms with Gasteiger partial charge in [-0.1, -0.05) is 28.9 Å². The molecule has 3 aromatic rings. The number of thiazole rings is 1. The number of benzene rings is 1. The van der Waals surface area contributed by atoms with Gasteiger partial charge in [-0.25, -0.2) is 13.4 Å². The molecule has 158 valence electrons. The molecule has 1 amide bonds. The third-order valence-electron chi connectivity index (χ3n) is 4.91. The highest BCUT2D eigenvalue weighted by Crippen LogP contribution is 2.27. The molecule has 0 spiro atoms. The average molecular weight is 467 g/mol. The topological polar surface area (TPSA) is 96.6 Å². The van der Waals surface area contributed by atoms with E-state index in [9.17, 15) is 13.2 Å². The third-order valence-corrected chi connectivity index (χ3v) is 8.19. The number of hydrogen-bond donors (Lipinski definition) is 0. The van der Waals surface area contributed by atoms with Gasteiger partial charge in [0, 0.05) is 42.1 Å². The summed E-state index contributed by atoms with van der Waals surface area (Å²) in [6.45, 7) is 4.15. The van der Waals surface area contributed by atoms with Crippen molar-refractivity contribution in [3.63, 3.8) is 0 Å². The molecule has 0 aliphatic carbocycles. The highest BCUT2D eigenvalue weighted by molar-refractivity contribution is 7.89. The van der Waals surface area contributed by atoms with E-state index < -0.39 is 10.0 Å². The van der Waals surface area contributed by atoms with Crippen LogP contribution in [0.4, 0.5) is 0 Å². The van der Waals surface area contributed by atoms with Crippen LogP contribution in [0.15, 0.2) is 39.1 Å². The van der Waals surface area contributed by atoms with Crippen molar-refractivity contribution in [1.29, 1.82) is 0 Å². The molecule has 0 unspecified atom stereocenters. The largest absolute Gasteiger partial charge is 0.360 e. The average Bonchev–Trinajstić information content (AvgIpc) is 3.35. The minimum absolute atomic E-state index is 0.106. The van der Waals surface area contributed by atoms with Gasteiger partial charge in [0.15, 0.2) is 5.76 Å². The Morgan fingerprint density at radius 2 is 1.80 bits per heavy atom. The number of nitrogens with zero attached hydrogens (tertiary/aromatic N) is 4. The lowest BCUT2D eigenvalue weighted by atomic mass is 10.2. The van der Waals surface area contributed by atoms with Crippen molar-refractivity contribution in [3.8, 4) is 10.6 Å². The molecule has 0 N–H and O–H groups in total. The minimum Gasteiger partial charge on any atom is -0.360 e. The summed E-state index contributed by atoms with van der Waals surface area (Å²) in [6.07, 6.45) is 0. The molecule has 1 aromatic carbocycles. The van der Waals surface area contributed by atoms with E-state index in [2.05, 4.69) is 10.1 Å². The van der Waals surface area contributed by atoms with E-state index >= 15 is 0 Å². The summed E-state index contributed by atoms with van der Waals surface area (Å²) < 4.78 is 32.2. The SMILES string of the molecule is Cc1noc(C)c1S(=O)(=O)N1CCN(C(=O)c2csc(-c3ccc(Cl)cc3)n2)CC1. The Hall–Kier alpha value is -2.27. The molecule has 2 aromatic heterocycles. The van der Waals surface area contributed by atoms with Crippen molar-refractivity contribution < 1.29 is 17.7 Å². The first-order chi connectivity index (χ1) is 14.3. The van der Waals surface area contributed by atoms with Gasteiger partial charge in [0.25, 0.3) is 5.91 Å². The summed E-state index contributed by atoms with van der Waals surface area (Å²) in [5, 5.41) is 6.82. The lowest BCUT2D eigenvalue weighted by molar-refractivity contribution is 0.0692. The molecule has 0 saturated carbocycles. The zero-order valence-electron chi connectivity index (χ0n) is 16.3. The summed E-state index contributed by atoms with van der Waals surface area (Å²) in [4.78, 5) is 19.0. The Kier molecular flexibility index (Phi) is 5.67. The number of aromatic nitrogens is 2. The standard InChI is InChI=1S/C19H19ClN4O4S2/c1-12-17(13(2)28-22-12)30(26,27)24-9-7-23(8-10-24)19(25)16-11-29-18(21-16)14-3-5-15(20)6-4-14/h3-6,11H,7-10H2,1-2H3. The summed E-state index contributed by atoms with van der Waals surface area (Å²) in [6, 6.07) is 7.26. The zero-order chi connectivity index (χ0) is 21.5. The predicted molar refractivity (Wildman–Crippen MR) is 113 cm³/mol. The number of halogens is 1. The van der Waals surface area contributed by atoms with E-state index in [1.54, 1.807) is 36.3 Å². The number of piperazine rings is 1. The molecule has 3 heterocycles. The molecule has 1 fully saturated rings. The number of amides is 1. The van der Waals surface area contributed by atoms with Crippen molar-refractivity contribution in [3.05, 3.63) is 51.8 Å². The third kappa shape index (κ3) is 3.87. The first-order valence-corrected chi connectivity index (χ1v) is 11.9. The Morgan fingerprint density at radius 3 is 2.40 bits per heavy atom. The van der Waals surface area contributed by atoms with Crippen molar-refractivity contribution in [2.75, 3.05) is 26.2 Å². The fraction of sp³-hybridized carbons (Fsp3) is 0.316. The molecular weight excluding hydrogens is 448 g/mol. The predicted octanol–water partition coefficient (Wildman–Crippen LogP) is 3.22. The second-order valence-electron chi connectivity index (χ2n) is 6.89. The van der Waals surface area contributed by atoms with Crippen LogP contribution in [0.3, 0.4) is 0 Å². The molecule has 1 saturated heterocycles. The first-order valence-electron chi connectivity index (χ1n) is 9.21. The molecule has 1 aliphatic rings. The fourth-order valence-electron chi connectivity index (χ4n) is 3.36. The Balaban J connectivity index is 1.44. The van der Waals surface area contributed by atoms with Gasteiger partial charge < -0.3 is 9.42 Å². The van der Waals surface area contributed by atoms with Gasteiger partial charge in [0.05, 0.1) is 0 Å². The fourth-order valence-corrected chi connectivity index (χ4v) is 6.00. The maximum absolute atomic E-state index is 12.9. The second kappa shape index (κ2) is 8.10. The number of carbonyl (C=O) groups is 1. The maximum Gasteiger partial charge on any atom is 0.273 e. The Labute approximate surface area is 183 Å². The molecule has 8 nitrogen and oxygen atoms in total. The Morgan fingerprint density at radius 1 is 1.13 bits per heavy atom. The summed E-state index contributed by atoms with van der Waals surface area (Å²) >= 11 is 7.30. The van der Waals surface area contributed by atoms with Gasteiger partial charge in [-0.2, -0.15) is 4.31 Å². The van der Waals surface area contributed by atoms with Gasteiger partial charge in [0.2, 0.25) is 10.0 Å². The van der Waals surface area contributed by atoms with Crippen LogP contribution >= 0.6 is 22.9 Å². The van der Waals surface area contributed by atoms with E-state index in [1.165, 1.54) is 15.6 Å². The number of aryl methyl sites for hydroxylation is 2. The van der Waals surface area contributed by atoms with Crippen molar-refractivity contribution in [1.82, 2.24) is 19.3 Å².